The average molecular weight is 290 g/mol. The number of rotatable bonds is 2. The molecule has 1 saturated carbocycles. The van der Waals surface area contributed by atoms with Crippen LogP contribution in [0.4, 0.5) is 0 Å². The van der Waals surface area contributed by atoms with Crippen molar-refractivity contribution >= 4 is 5.78 Å². The summed E-state index contributed by atoms with van der Waals surface area (Å²) in [5.74, 6) is 0.121. The van der Waals surface area contributed by atoms with Gasteiger partial charge >= 0.3 is 0 Å². The number of carbonyl (C=O) groups excluding carboxylic acids is 1. The third-order valence-corrected chi connectivity index (χ3v) is 5.25. The molecule has 1 aliphatic carbocycles. The van der Waals surface area contributed by atoms with Crippen LogP contribution in [0.15, 0.2) is 0 Å². The molecule has 4 nitrogen and oxygen atoms in total. The van der Waals surface area contributed by atoms with Gasteiger partial charge < -0.3 is 4.74 Å². The molecule has 21 heavy (non-hydrogen) atoms. The zero-order valence-electron chi connectivity index (χ0n) is 13.4. The van der Waals surface area contributed by atoms with Gasteiger partial charge in [-0.05, 0) is 46.5 Å². The highest BCUT2D eigenvalue weighted by molar-refractivity contribution is 5.96. The molecule has 1 unspecified atom stereocenters. The van der Waals surface area contributed by atoms with Crippen molar-refractivity contribution in [2.24, 2.45) is 0 Å². The van der Waals surface area contributed by atoms with Gasteiger partial charge in [0.2, 0.25) is 0 Å². The van der Waals surface area contributed by atoms with Crippen LogP contribution in [-0.2, 0) is 4.74 Å². The Morgan fingerprint density at radius 3 is 2.62 bits per heavy atom. The first kappa shape index (κ1) is 14.8. The minimum atomic E-state index is 0.0733. The molecule has 116 valence electrons. The van der Waals surface area contributed by atoms with Crippen LogP contribution < -0.4 is 0 Å². The molecule has 1 saturated heterocycles. The Kier molecular flexibility index (Phi) is 3.91. The third-order valence-electron chi connectivity index (χ3n) is 5.25. The van der Waals surface area contributed by atoms with E-state index in [9.17, 15) is 4.79 Å². The molecule has 1 spiro atoms. The molecule has 0 bridgehead atoms. The van der Waals surface area contributed by atoms with E-state index in [1.165, 1.54) is 32.1 Å². The lowest BCUT2D eigenvalue weighted by atomic mass is 9.78. The molecular weight excluding hydrogens is 264 g/mol. The molecule has 2 heterocycles. The largest absolute Gasteiger partial charge is 0.375 e. The van der Waals surface area contributed by atoms with Crippen LogP contribution in [-0.4, -0.2) is 27.8 Å². The van der Waals surface area contributed by atoms with E-state index in [1.807, 2.05) is 13.8 Å². The molecule has 2 aliphatic rings. The first-order chi connectivity index (χ1) is 10.0. The molecule has 2 fully saturated rings. The number of hydrogen-bond donors (Lipinski definition) is 0. The Morgan fingerprint density at radius 1 is 1.29 bits per heavy atom. The number of aryl methyl sites for hydroxylation is 1. The summed E-state index contributed by atoms with van der Waals surface area (Å²) in [6.07, 6.45) is 8.31. The SMILES string of the molecule is CC(=O)c1c(C)nn(C2CCOC3(CCCCC3)C2)c1C. The van der Waals surface area contributed by atoms with Crippen LogP contribution in [0, 0.1) is 13.8 Å². The number of hydrogen-bond acceptors (Lipinski definition) is 3. The van der Waals surface area contributed by atoms with Crippen molar-refractivity contribution in [2.75, 3.05) is 6.61 Å². The molecule has 1 aromatic rings. The topological polar surface area (TPSA) is 44.1 Å². The summed E-state index contributed by atoms with van der Waals surface area (Å²) in [5, 5.41) is 4.67. The van der Waals surface area contributed by atoms with Gasteiger partial charge in [-0.2, -0.15) is 5.10 Å². The summed E-state index contributed by atoms with van der Waals surface area (Å²) in [5.41, 5.74) is 2.77. The lowest BCUT2D eigenvalue weighted by Gasteiger charge is -2.43. The van der Waals surface area contributed by atoms with E-state index in [0.29, 0.717) is 6.04 Å². The van der Waals surface area contributed by atoms with Crippen molar-refractivity contribution in [3.63, 3.8) is 0 Å². The van der Waals surface area contributed by atoms with Crippen molar-refractivity contribution in [1.82, 2.24) is 9.78 Å². The normalized spacial score (nSPS) is 25.2. The third kappa shape index (κ3) is 2.66. The van der Waals surface area contributed by atoms with E-state index in [4.69, 9.17) is 4.74 Å². The van der Waals surface area contributed by atoms with Crippen LogP contribution in [0.1, 0.15) is 79.7 Å². The molecular formula is C17H26N2O2. The van der Waals surface area contributed by atoms with Crippen molar-refractivity contribution in [1.29, 1.82) is 0 Å². The summed E-state index contributed by atoms with van der Waals surface area (Å²) >= 11 is 0. The predicted molar refractivity (Wildman–Crippen MR) is 81.7 cm³/mol. The second kappa shape index (κ2) is 5.56. The van der Waals surface area contributed by atoms with Gasteiger partial charge in [0.1, 0.15) is 0 Å². The number of carbonyl (C=O) groups is 1. The number of ether oxygens (including phenoxy) is 1. The quantitative estimate of drug-likeness (QED) is 0.779. The van der Waals surface area contributed by atoms with Crippen LogP contribution in [0.2, 0.25) is 0 Å². The van der Waals surface area contributed by atoms with E-state index in [1.54, 1.807) is 6.92 Å². The van der Waals surface area contributed by atoms with Crippen molar-refractivity contribution in [2.45, 2.75) is 77.4 Å². The molecule has 0 radical (unpaired) electrons. The summed E-state index contributed by atoms with van der Waals surface area (Å²) in [6, 6.07) is 0.378. The maximum absolute atomic E-state index is 11.8. The second-order valence-corrected chi connectivity index (χ2v) is 6.79. The van der Waals surface area contributed by atoms with Crippen LogP contribution >= 0.6 is 0 Å². The maximum Gasteiger partial charge on any atom is 0.163 e. The van der Waals surface area contributed by atoms with Gasteiger partial charge in [0.05, 0.1) is 22.9 Å². The van der Waals surface area contributed by atoms with Gasteiger partial charge in [0, 0.05) is 12.3 Å². The van der Waals surface area contributed by atoms with Gasteiger partial charge in [-0.25, -0.2) is 0 Å². The van der Waals surface area contributed by atoms with Crippen molar-refractivity contribution < 1.29 is 9.53 Å². The van der Waals surface area contributed by atoms with Gasteiger partial charge in [-0.1, -0.05) is 19.3 Å². The van der Waals surface area contributed by atoms with E-state index in [0.717, 1.165) is 36.4 Å². The Balaban J connectivity index is 1.87. The van der Waals surface area contributed by atoms with E-state index in [-0.39, 0.29) is 11.4 Å². The van der Waals surface area contributed by atoms with Gasteiger partial charge in [0.15, 0.2) is 5.78 Å². The monoisotopic (exact) mass is 290 g/mol. The molecule has 1 atom stereocenters. The molecule has 3 rings (SSSR count). The van der Waals surface area contributed by atoms with Gasteiger partial charge in [0.25, 0.3) is 0 Å². The first-order valence-electron chi connectivity index (χ1n) is 8.23. The minimum absolute atomic E-state index is 0.0733. The van der Waals surface area contributed by atoms with Crippen molar-refractivity contribution in [3.05, 3.63) is 17.0 Å². The molecule has 4 heteroatoms. The first-order valence-corrected chi connectivity index (χ1v) is 8.23. The Bertz CT molecular complexity index is 536. The number of ketones is 1. The van der Waals surface area contributed by atoms with Crippen molar-refractivity contribution in [3.8, 4) is 0 Å². The highest BCUT2D eigenvalue weighted by Crippen LogP contribution is 2.42. The standard InChI is InChI=1S/C17H26N2O2/c1-12-16(14(3)20)13(2)19(18-12)15-7-10-21-17(11-15)8-5-4-6-9-17/h15H,4-11H2,1-3H3. The molecule has 0 amide bonds. The van der Waals surface area contributed by atoms with Crippen LogP contribution in [0.3, 0.4) is 0 Å². The van der Waals surface area contributed by atoms with Gasteiger partial charge in [-0.15, -0.1) is 0 Å². The summed E-state index contributed by atoms with van der Waals surface area (Å²) in [4.78, 5) is 11.8. The Morgan fingerprint density at radius 2 is 2.00 bits per heavy atom. The Hall–Kier alpha value is -1.16. The number of nitrogens with zero attached hydrogens (tertiary/aromatic N) is 2. The molecule has 0 N–H and O–H groups in total. The van der Waals surface area contributed by atoms with E-state index >= 15 is 0 Å². The summed E-state index contributed by atoms with van der Waals surface area (Å²) in [7, 11) is 0. The lowest BCUT2D eigenvalue weighted by Crippen LogP contribution is -2.42. The minimum Gasteiger partial charge on any atom is -0.375 e. The summed E-state index contributed by atoms with van der Waals surface area (Å²) < 4.78 is 8.28. The number of aromatic nitrogens is 2. The highest BCUT2D eigenvalue weighted by Gasteiger charge is 2.40. The molecule has 0 aromatic carbocycles. The fraction of sp³-hybridized carbons (Fsp3) is 0.765. The predicted octanol–water partition coefficient (Wildman–Crippen LogP) is 3.76. The smallest absolute Gasteiger partial charge is 0.163 e. The highest BCUT2D eigenvalue weighted by atomic mass is 16.5. The zero-order valence-corrected chi connectivity index (χ0v) is 13.4. The van der Waals surface area contributed by atoms with E-state index in [2.05, 4.69) is 9.78 Å². The fourth-order valence-corrected chi connectivity index (χ4v) is 4.28. The molecule has 1 aliphatic heterocycles. The second-order valence-electron chi connectivity index (χ2n) is 6.79. The zero-order chi connectivity index (χ0) is 15.0. The van der Waals surface area contributed by atoms with E-state index < -0.39 is 0 Å². The maximum atomic E-state index is 11.8. The van der Waals surface area contributed by atoms with Crippen LogP contribution in [0.25, 0.3) is 0 Å². The fourth-order valence-electron chi connectivity index (χ4n) is 4.28. The molecule has 1 aromatic heterocycles. The lowest BCUT2D eigenvalue weighted by molar-refractivity contribution is -0.115. The van der Waals surface area contributed by atoms with Gasteiger partial charge in [-0.3, -0.25) is 9.48 Å². The average Bonchev–Trinajstić information content (AvgIpc) is 2.75. The summed E-state index contributed by atoms with van der Waals surface area (Å²) in [6.45, 7) is 6.42. The van der Waals surface area contributed by atoms with Crippen LogP contribution in [0.5, 0.6) is 0 Å². The Labute approximate surface area is 126 Å². The number of Topliss-reactive ketones (excluding diaryl/α,β-unsaturated/α-hetero) is 1.